The van der Waals surface area contributed by atoms with Crippen LogP contribution in [0.4, 0.5) is 16.2 Å². The largest absolute Gasteiger partial charge is 0.506 e. The molecular weight excluding hydrogens is 518 g/mol. The Morgan fingerprint density at radius 2 is 1.84 bits per heavy atom. The Labute approximate surface area is 223 Å². The molecule has 0 spiro atoms. The molecule has 2 aromatic rings. The lowest BCUT2D eigenvalue weighted by Crippen LogP contribution is -2.49. The van der Waals surface area contributed by atoms with E-state index >= 15 is 0 Å². The van der Waals surface area contributed by atoms with Crippen LogP contribution >= 0.6 is 11.6 Å². The van der Waals surface area contributed by atoms with Crippen molar-refractivity contribution in [3.05, 3.63) is 53.6 Å². The molecule has 0 fully saturated rings. The number of nitrogens with one attached hydrogen (secondary N) is 2. The number of aliphatic hydroxyl groups excluding tert-OH is 1. The number of cyclic esters (lactones) is 1. The average molecular weight is 554 g/mol. The first-order valence-corrected chi connectivity index (χ1v) is 14.5. The average Bonchev–Trinajstić information content (AvgIpc) is 2.87. The first-order chi connectivity index (χ1) is 17.4. The highest BCUT2D eigenvalue weighted by Crippen LogP contribution is 2.43. The zero-order valence-electron chi connectivity index (χ0n) is 21.6. The molecule has 1 heterocycles. The SMILES string of the molecule is CCC1(CC)OC(=O)N(CCC(C)(C)NC[C@H](O)c2ccc(O)c(NS(=O)(=O)CCl)c2)c2ccccc21. The van der Waals surface area contributed by atoms with Gasteiger partial charge in [-0.2, -0.15) is 0 Å². The molecule has 1 aliphatic rings. The second-order valence-corrected chi connectivity index (χ2v) is 12.2. The lowest BCUT2D eigenvalue weighted by atomic mass is 9.85. The first kappa shape index (κ1) is 29.0. The molecule has 3 rings (SSSR count). The number of amides is 1. The summed E-state index contributed by atoms with van der Waals surface area (Å²) >= 11 is 5.43. The number of nitrogens with zero attached hydrogens (tertiary/aromatic N) is 1. The van der Waals surface area contributed by atoms with Gasteiger partial charge in [-0.25, -0.2) is 13.2 Å². The highest BCUT2D eigenvalue weighted by atomic mass is 35.5. The third kappa shape index (κ3) is 6.67. The van der Waals surface area contributed by atoms with Crippen molar-refractivity contribution < 1.29 is 28.2 Å². The number of rotatable bonds is 12. The molecule has 37 heavy (non-hydrogen) atoms. The Balaban J connectivity index is 1.67. The van der Waals surface area contributed by atoms with Crippen molar-refractivity contribution in [1.29, 1.82) is 0 Å². The summed E-state index contributed by atoms with van der Waals surface area (Å²) in [6.07, 6.45) is 0.614. The molecule has 9 nitrogen and oxygen atoms in total. The van der Waals surface area contributed by atoms with Crippen molar-refractivity contribution in [2.75, 3.05) is 27.9 Å². The topological polar surface area (TPSA) is 128 Å². The summed E-state index contributed by atoms with van der Waals surface area (Å²) in [5.41, 5.74) is 1.14. The minimum atomic E-state index is -3.81. The zero-order valence-corrected chi connectivity index (χ0v) is 23.2. The molecular formula is C26H36ClN3O6S. The van der Waals surface area contributed by atoms with Crippen molar-refractivity contribution in [3.8, 4) is 5.75 Å². The fraction of sp³-hybridized carbons (Fsp3) is 0.500. The normalized spacial score (nSPS) is 16.2. The smallest absolute Gasteiger partial charge is 0.415 e. The van der Waals surface area contributed by atoms with E-state index in [1.54, 1.807) is 4.90 Å². The fourth-order valence-corrected chi connectivity index (χ4v) is 5.18. The van der Waals surface area contributed by atoms with Gasteiger partial charge in [0.05, 0.1) is 17.5 Å². The number of ether oxygens (including phenoxy) is 1. The summed E-state index contributed by atoms with van der Waals surface area (Å²) in [5, 5.41) is 23.3. The van der Waals surface area contributed by atoms with Crippen LogP contribution in [0.1, 0.15) is 64.2 Å². The standard InChI is InChI=1S/C26H36ClN3O6S/c1-5-26(6-2)19-9-7-8-10-21(19)30(24(33)36-26)14-13-25(3,4)28-16-23(32)18-11-12-22(31)20(15-18)29-37(34,35)17-27/h7-12,15,23,28-29,31-32H,5-6,13-14,16-17H2,1-4H3/t23-/m0/s1. The third-order valence-corrected chi connectivity index (χ3v) is 8.56. The van der Waals surface area contributed by atoms with Gasteiger partial charge in [0, 0.05) is 24.2 Å². The number of β-amino-alcohol motifs (C(OH)–C–C–N with tert-alkyl or cyclic N) is 1. The van der Waals surface area contributed by atoms with E-state index < -0.39 is 32.5 Å². The number of benzene rings is 2. The Kier molecular flexibility index (Phi) is 9.00. The molecule has 1 aliphatic heterocycles. The van der Waals surface area contributed by atoms with Crippen LogP contribution < -0.4 is 14.9 Å². The molecule has 0 saturated carbocycles. The van der Waals surface area contributed by atoms with Crippen molar-refractivity contribution in [2.45, 2.75) is 64.2 Å². The number of carbonyl (C=O) groups excluding carboxylic acids is 1. The summed E-state index contributed by atoms with van der Waals surface area (Å²) in [7, 11) is -3.81. The maximum absolute atomic E-state index is 13.0. The second-order valence-electron chi connectivity index (χ2n) is 9.87. The van der Waals surface area contributed by atoms with E-state index in [1.165, 1.54) is 18.2 Å². The van der Waals surface area contributed by atoms with Crippen LogP contribution in [0.2, 0.25) is 0 Å². The number of hydrogen-bond donors (Lipinski definition) is 4. The molecule has 1 amide bonds. The fourth-order valence-electron chi connectivity index (χ4n) is 4.46. The van der Waals surface area contributed by atoms with Gasteiger partial charge in [-0.15, -0.1) is 11.6 Å². The van der Waals surface area contributed by atoms with Crippen LogP contribution in [0.3, 0.4) is 0 Å². The Morgan fingerprint density at radius 1 is 1.16 bits per heavy atom. The van der Waals surface area contributed by atoms with Crippen molar-refractivity contribution in [3.63, 3.8) is 0 Å². The summed E-state index contributed by atoms with van der Waals surface area (Å²) in [5.74, 6) is -0.276. The van der Waals surface area contributed by atoms with Gasteiger partial charge >= 0.3 is 6.09 Å². The number of alkyl halides is 1. The van der Waals surface area contributed by atoms with Crippen LogP contribution in [0.5, 0.6) is 5.75 Å². The number of anilines is 2. The minimum absolute atomic E-state index is 0.0611. The van der Waals surface area contributed by atoms with E-state index in [2.05, 4.69) is 10.0 Å². The van der Waals surface area contributed by atoms with Crippen molar-refractivity contribution in [2.24, 2.45) is 0 Å². The maximum Gasteiger partial charge on any atom is 0.415 e. The molecule has 0 aromatic heterocycles. The quantitative estimate of drug-likeness (QED) is 0.220. The van der Waals surface area contributed by atoms with E-state index in [4.69, 9.17) is 16.3 Å². The molecule has 0 aliphatic carbocycles. The van der Waals surface area contributed by atoms with E-state index in [9.17, 15) is 23.4 Å². The number of carbonyl (C=O) groups is 1. The van der Waals surface area contributed by atoms with Gasteiger partial charge in [0.25, 0.3) is 0 Å². The number of fused-ring (bicyclic) bond motifs is 1. The number of aliphatic hydroxyl groups is 1. The number of phenols is 1. The van der Waals surface area contributed by atoms with E-state index in [0.29, 0.717) is 31.4 Å². The van der Waals surface area contributed by atoms with Crippen molar-refractivity contribution in [1.82, 2.24) is 5.32 Å². The number of para-hydroxylation sites is 1. The van der Waals surface area contributed by atoms with Crippen LogP contribution in [-0.4, -0.2) is 48.6 Å². The lowest BCUT2D eigenvalue weighted by molar-refractivity contribution is -0.00134. The summed E-state index contributed by atoms with van der Waals surface area (Å²) in [6.45, 7) is 8.56. The van der Waals surface area contributed by atoms with Crippen LogP contribution in [0.15, 0.2) is 42.5 Å². The van der Waals surface area contributed by atoms with E-state index in [1.807, 2.05) is 52.0 Å². The number of aromatic hydroxyl groups is 1. The number of sulfonamides is 1. The number of hydrogen-bond acceptors (Lipinski definition) is 7. The predicted molar refractivity (Wildman–Crippen MR) is 146 cm³/mol. The molecule has 0 bridgehead atoms. The zero-order chi connectivity index (χ0) is 27.4. The molecule has 0 unspecified atom stereocenters. The van der Waals surface area contributed by atoms with E-state index in [-0.39, 0.29) is 24.1 Å². The van der Waals surface area contributed by atoms with Gasteiger partial charge in [0.1, 0.15) is 16.6 Å². The highest BCUT2D eigenvalue weighted by Gasteiger charge is 2.42. The molecule has 2 aromatic carbocycles. The van der Waals surface area contributed by atoms with Crippen LogP contribution in [0.25, 0.3) is 0 Å². The molecule has 1 atom stereocenters. The summed E-state index contributed by atoms with van der Waals surface area (Å²) in [4.78, 5) is 14.7. The number of phenolic OH excluding ortho intramolecular Hbond substituents is 1. The molecule has 0 saturated heterocycles. The Bertz CT molecular complexity index is 1220. The van der Waals surface area contributed by atoms with E-state index in [0.717, 1.165) is 11.3 Å². The Morgan fingerprint density at radius 3 is 2.49 bits per heavy atom. The molecule has 204 valence electrons. The van der Waals surface area contributed by atoms with Crippen LogP contribution in [0, 0.1) is 0 Å². The maximum atomic E-state index is 13.0. The van der Waals surface area contributed by atoms with Gasteiger partial charge in [0.2, 0.25) is 10.0 Å². The van der Waals surface area contributed by atoms with Gasteiger partial charge < -0.3 is 20.3 Å². The van der Waals surface area contributed by atoms with Gasteiger partial charge in [-0.1, -0.05) is 38.1 Å². The monoisotopic (exact) mass is 553 g/mol. The lowest BCUT2D eigenvalue weighted by Gasteiger charge is -2.42. The first-order valence-electron chi connectivity index (χ1n) is 12.3. The van der Waals surface area contributed by atoms with Crippen LogP contribution in [-0.2, 0) is 20.4 Å². The highest BCUT2D eigenvalue weighted by molar-refractivity contribution is 7.93. The summed E-state index contributed by atoms with van der Waals surface area (Å²) < 4.78 is 31.7. The second kappa shape index (κ2) is 11.5. The molecule has 4 N–H and O–H groups in total. The third-order valence-electron chi connectivity index (χ3n) is 6.88. The molecule has 11 heteroatoms. The Hall–Kier alpha value is -2.53. The van der Waals surface area contributed by atoms with Gasteiger partial charge in [-0.05, 0) is 56.9 Å². The summed E-state index contributed by atoms with van der Waals surface area (Å²) in [6, 6.07) is 12.0. The van der Waals surface area contributed by atoms with Gasteiger partial charge in [0.15, 0.2) is 0 Å². The number of halogens is 1. The van der Waals surface area contributed by atoms with Gasteiger partial charge in [-0.3, -0.25) is 9.62 Å². The predicted octanol–water partition coefficient (Wildman–Crippen LogP) is 4.79. The molecule has 0 radical (unpaired) electrons. The van der Waals surface area contributed by atoms with Crippen molar-refractivity contribution >= 4 is 39.1 Å². The minimum Gasteiger partial charge on any atom is -0.506 e.